The molecule has 3 aromatic carbocycles. The first kappa shape index (κ1) is 30.4. The van der Waals surface area contributed by atoms with Gasteiger partial charge in [-0.15, -0.1) is 23.5 Å². The van der Waals surface area contributed by atoms with Crippen LogP contribution in [0.1, 0.15) is 45.2 Å². The van der Waals surface area contributed by atoms with E-state index in [0.717, 1.165) is 77.5 Å². The Labute approximate surface area is 284 Å². The Kier molecular flexibility index (Phi) is 8.16. The number of nitrogens with one attached hydrogen (secondary N) is 1. The predicted molar refractivity (Wildman–Crippen MR) is 187 cm³/mol. The fourth-order valence-electron chi connectivity index (χ4n) is 6.81. The van der Waals surface area contributed by atoms with E-state index in [4.69, 9.17) is 26.2 Å². The highest BCUT2D eigenvalue weighted by Crippen LogP contribution is 2.43. The second-order valence-corrected chi connectivity index (χ2v) is 14.3. The number of carbonyl (C=O) groups is 1. The number of ether oxygens (including phenoxy) is 2. The molecule has 6 aromatic rings. The van der Waals surface area contributed by atoms with Crippen molar-refractivity contribution in [1.82, 2.24) is 24.5 Å². The molecular formula is C35H32ClN5O4S2. The van der Waals surface area contributed by atoms with Gasteiger partial charge in [-0.3, -0.25) is 9.78 Å². The van der Waals surface area contributed by atoms with Crippen molar-refractivity contribution >= 4 is 62.8 Å². The van der Waals surface area contributed by atoms with E-state index < -0.39 is 5.97 Å². The summed E-state index contributed by atoms with van der Waals surface area (Å²) >= 11 is 10.5. The number of carboxylic acids is 1. The van der Waals surface area contributed by atoms with Crippen LogP contribution in [0.15, 0.2) is 59.5 Å². The Balaban J connectivity index is 1.26. The molecule has 0 fully saturated rings. The Bertz CT molecular complexity index is 2170. The van der Waals surface area contributed by atoms with Gasteiger partial charge in [-0.05, 0) is 48.1 Å². The summed E-state index contributed by atoms with van der Waals surface area (Å²) in [7, 11) is 1.81. The molecule has 0 saturated heterocycles. The average molecular weight is 686 g/mol. The summed E-state index contributed by atoms with van der Waals surface area (Å²) in [6, 6.07) is 18.5. The van der Waals surface area contributed by atoms with Crippen LogP contribution in [0.25, 0.3) is 32.8 Å². The number of carboxylic acid groups (broad SMARTS) is 1. The van der Waals surface area contributed by atoms with Crippen molar-refractivity contribution < 1.29 is 19.4 Å². The summed E-state index contributed by atoms with van der Waals surface area (Å²) in [5, 5.41) is 26.9. The zero-order valence-electron chi connectivity index (χ0n) is 25.7. The summed E-state index contributed by atoms with van der Waals surface area (Å²) in [5.74, 6) is 1.96. The molecular weight excluding hydrogens is 654 g/mol. The monoisotopic (exact) mass is 685 g/mol. The lowest BCUT2D eigenvalue weighted by molar-refractivity contribution is 0.0685. The smallest absolute Gasteiger partial charge is 0.352 e. The molecule has 8 rings (SSSR count). The number of aryl methyl sites for hydroxylation is 2. The van der Waals surface area contributed by atoms with Crippen molar-refractivity contribution in [2.24, 2.45) is 7.05 Å². The maximum Gasteiger partial charge on any atom is 0.352 e. The number of hydrogen-bond donors (Lipinski definition) is 2. The lowest BCUT2D eigenvalue weighted by Gasteiger charge is -2.17. The fourth-order valence-corrected chi connectivity index (χ4v) is 8.78. The number of halogens is 1. The Hall–Kier alpha value is -3.90. The van der Waals surface area contributed by atoms with E-state index in [0.29, 0.717) is 55.7 Å². The third kappa shape index (κ3) is 5.58. The average Bonchev–Trinajstić information content (AvgIpc) is 3.76. The van der Waals surface area contributed by atoms with Gasteiger partial charge in [0.15, 0.2) is 0 Å². The van der Waals surface area contributed by atoms with Crippen molar-refractivity contribution in [3.8, 4) is 16.9 Å². The molecule has 8 bridgehead atoms. The highest BCUT2D eigenvalue weighted by atomic mass is 35.5. The zero-order valence-corrected chi connectivity index (χ0v) is 28.1. The van der Waals surface area contributed by atoms with E-state index in [1.807, 2.05) is 36.0 Å². The first-order valence-electron chi connectivity index (χ1n) is 15.5. The minimum atomic E-state index is -0.971. The Morgan fingerprint density at radius 1 is 1.04 bits per heavy atom. The second-order valence-electron chi connectivity index (χ2n) is 11.8. The van der Waals surface area contributed by atoms with E-state index >= 15 is 0 Å². The number of aromatic carboxylic acids is 1. The van der Waals surface area contributed by atoms with Crippen molar-refractivity contribution in [3.63, 3.8) is 0 Å². The van der Waals surface area contributed by atoms with Gasteiger partial charge in [0, 0.05) is 56.8 Å². The zero-order chi connectivity index (χ0) is 32.1. The summed E-state index contributed by atoms with van der Waals surface area (Å²) in [6.45, 7) is 2.09. The van der Waals surface area contributed by atoms with Gasteiger partial charge in [0.2, 0.25) is 0 Å². The van der Waals surface area contributed by atoms with Crippen LogP contribution in [0.3, 0.4) is 0 Å². The molecule has 240 valence electrons. The van der Waals surface area contributed by atoms with Gasteiger partial charge < -0.3 is 19.1 Å². The molecule has 9 nitrogen and oxygen atoms in total. The third-order valence-electron chi connectivity index (χ3n) is 8.87. The van der Waals surface area contributed by atoms with Crippen LogP contribution < -0.4 is 4.74 Å². The molecule has 2 aliphatic heterocycles. The number of rotatable bonds is 1. The van der Waals surface area contributed by atoms with E-state index in [9.17, 15) is 9.90 Å². The topological polar surface area (TPSA) is 107 Å². The summed E-state index contributed by atoms with van der Waals surface area (Å²) < 4.78 is 16.1. The van der Waals surface area contributed by atoms with Crippen molar-refractivity contribution in [1.29, 1.82) is 0 Å². The lowest BCUT2D eigenvalue weighted by atomic mass is 9.98. The summed E-state index contributed by atoms with van der Waals surface area (Å²) in [4.78, 5) is 13.9. The number of fused-ring (bicyclic) bond motifs is 10. The van der Waals surface area contributed by atoms with Crippen LogP contribution in [0.5, 0.6) is 5.75 Å². The number of aromatic amines is 1. The molecule has 0 amide bonds. The van der Waals surface area contributed by atoms with Crippen LogP contribution in [0.4, 0.5) is 0 Å². The minimum absolute atomic E-state index is 0.261. The Morgan fingerprint density at radius 2 is 1.94 bits per heavy atom. The van der Waals surface area contributed by atoms with Crippen LogP contribution in [0.2, 0.25) is 5.02 Å². The van der Waals surface area contributed by atoms with E-state index in [1.54, 1.807) is 28.1 Å². The molecule has 0 saturated carbocycles. The maximum atomic E-state index is 12.8. The summed E-state index contributed by atoms with van der Waals surface area (Å²) in [6.07, 6.45) is 1.17. The standard InChI is InChI=1S/C35H32ClN5O4S2/c1-40-33-26-8-9-27(36)31(33)32-28(39-41-10-12-44-16-29(32)41)19-46-17-21-14-22(38-37-21)18-47-23-13-20-5-2-3-6-24(20)30(15-23)45-11-4-7-25(26)34(40)35(42)43/h2-3,5-6,8-9,13-15H,4,7,10-12,16-19H2,1H3,(H,37,38)(H,42,43). The van der Waals surface area contributed by atoms with Gasteiger partial charge in [0.05, 0.1) is 54.0 Å². The largest absolute Gasteiger partial charge is 0.493 e. The molecule has 2 aliphatic rings. The lowest BCUT2D eigenvalue weighted by Crippen LogP contribution is -2.17. The number of thioether (sulfide) groups is 2. The Morgan fingerprint density at radius 3 is 2.83 bits per heavy atom. The van der Waals surface area contributed by atoms with Crippen molar-refractivity contribution in [2.75, 3.05) is 13.2 Å². The van der Waals surface area contributed by atoms with Crippen molar-refractivity contribution in [2.45, 2.75) is 48.1 Å². The number of hydrogen-bond acceptors (Lipinski definition) is 7. The van der Waals surface area contributed by atoms with Crippen LogP contribution in [-0.4, -0.2) is 48.8 Å². The first-order chi connectivity index (χ1) is 23.0. The van der Waals surface area contributed by atoms with E-state index in [-0.39, 0.29) is 5.69 Å². The quantitative estimate of drug-likeness (QED) is 0.180. The SMILES string of the molecule is Cn1c(C(=O)O)c2c3ccc(Cl)c(c31)-c1c(nn3c1COCC3)CSCc1cc([nH]n1)CSc1cc(c3ccccc3c1)OCCC2. The van der Waals surface area contributed by atoms with Crippen LogP contribution in [-0.2, 0) is 48.6 Å². The minimum Gasteiger partial charge on any atom is -0.493 e. The van der Waals surface area contributed by atoms with Crippen LogP contribution >= 0.6 is 35.1 Å². The van der Waals surface area contributed by atoms with Gasteiger partial charge in [-0.1, -0.05) is 41.9 Å². The second kappa shape index (κ2) is 12.6. The molecule has 5 heterocycles. The predicted octanol–water partition coefficient (Wildman–Crippen LogP) is 7.85. The van der Waals surface area contributed by atoms with Gasteiger partial charge in [0.1, 0.15) is 11.4 Å². The molecule has 12 heteroatoms. The third-order valence-corrected chi connectivity index (χ3v) is 11.2. The van der Waals surface area contributed by atoms with Gasteiger partial charge in [0.25, 0.3) is 0 Å². The normalized spacial score (nSPS) is 15.6. The number of benzene rings is 3. The van der Waals surface area contributed by atoms with E-state index in [2.05, 4.69) is 40.5 Å². The molecule has 0 aliphatic carbocycles. The molecule has 0 spiro atoms. The molecule has 0 unspecified atom stereocenters. The van der Waals surface area contributed by atoms with Gasteiger partial charge in [-0.25, -0.2) is 4.79 Å². The van der Waals surface area contributed by atoms with Crippen molar-refractivity contribution in [3.05, 3.63) is 93.7 Å². The number of aromatic nitrogens is 5. The molecule has 0 atom stereocenters. The highest BCUT2D eigenvalue weighted by molar-refractivity contribution is 7.98. The molecule has 0 radical (unpaired) electrons. The number of nitrogens with zero attached hydrogens (tertiary/aromatic N) is 4. The van der Waals surface area contributed by atoms with Crippen LogP contribution in [0, 0.1) is 0 Å². The van der Waals surface area contributed by atoms with Gasteiger partial charge in [-0.2, -0.15) is 10.2 Å². The number of H-pyrrole nitrogens is 1. The molecule has 2 N–H and O–H groups in total. The maximum absolute atomic E-state index is 12.8. The highest BCUT2D eigenvalue weighted by Gasteiger charge is 2.29. The van der Waals surface area contributed by atoms with E-state index in [1.165, 1.54) is 0 Å². The molecule has 3 aromatic heterocycles. The molecule has 47 heavy (non-hydrogen) atoms. The fraction of sp³-hybridized carbons (Fsp3) is 0.286. The summed E-state index contributed by atoms with van der Waals surface area (Å²) in [5.41, 5.74) is 7.46. The first-order valence-corrected chi connectivity index (χ1v) is 18.1. The van der Waals surface area contributed by atoms with Gasteiger partial charge >= 0.3 is 5.97 Å².